The molecule has 2 rings (SSSR count). The highest BCUT2D eigenvalue weighted by Crippen LogP contribution is 2.27. The lowest BCUT2D eigenvalue weighted by Crippen LogP contribution is -2.41. The van der Waals surface area contributed by atoms with Crippen LogP contribution < -0.4 is 5.32 Å². The number of benzene rings is 1. The molecule has 1 aromatic carbocycles. The summed E-state index contributed by atoms with van der Waals surface area (Å²) in [6.45, 7) is 6.12. The normalized spacial score (nSPS) is 20.2. The molecule has 1 aromatic rings. The van der Waals surface area contributed by atoms with Gasteiger partial charge in [-0.3, -0.25) is 19.3 Å². The molecule has 0 aromatic heterocycles. The third-order valence-corrected chi connectivity index (χ3v) is 13.4. The summed E-state index contributed by atoms with van der Waals surface area (Å²) < 4.78 is 5.46. The minimum atomic E-state index is -1.20. The molecule has 0 radical (unpaired) electrons. The largest absolute Gasteiger partial charge is 0.499 e. The van der Waals surface area contributed by atoms with E-state index in [9.17, 15) is 75.7 Å². The third kappa shape index (κ3) is 28.3. The SMILES string of the molecule is COC1=CC(=O)N(C(=O)/C=C(/C)CC(C)CCCCCCC[C@H](C)C[C@@H](O)C[C@@H](O)C[C@@H](O)C[C@@H](O)C[C@@H](O)C[C@@H](O)C[C@@H](O)C[C@@H](O)C[C@@H](O)C[C@@H](O)C[C@@H](O)C[C@H](O)CNC=O)[C@H]1Cc1ccccc1. The molecule has 1 unspecified atom stereocenters. The summed E-state index contributed by atoms with van der Waals surface area (Å²) in [6.07, 6.45) is -2.37. The van der Waals surface area contributed by atoms with Gasteiger partial charge in [0.05, 0.1) is 80.4 Å². The van der Waals surface area contributed by atoms with Crippen molar-refractivity contribution in [3.8, 4) is 0 Å². The fourth-order valence-electron chi connectivity index (χ4n) is 9.92. The van der Waals surface area contributed by atoms with Gasteiger partial charge >= 0.3 is 0 Å². The van der Waals surface area contributed by atoms with E-state index in [4.69, 9.17) is 4.74 Å². The quantitative estimate of drug-likeness (QED) is 0.0255. The molecule has 13 N–H and O–H groups in total. The fourth-order valence-corrected chi connectivity index (χ4v) is 9.92. The molecule has 3 amide bonds. The van der Waals surface area contributed by atoms with Gasteiger partial charge in [-0.05, 0) is 101 Å². The minimum absolute atomic E-state index is 0.0613. The standard InChI is InChI=1S/C54H92N2O16/c1-35(17-37(3)19-53(70)56-51(52(72-4)32-54(56)71)20-38-15-11-8-12-16-38)13-9-6-5-7-10-14-36(2)18-39(58)21-40(59)22-41(60)23-42(61)24-43(62)25-44(63)26-45(64)27-46(65)28-47(66)29-48(67)30-49(68)31-50(69)33-55-34-57/h8,11-12,15-16,19,32,34-36,39-51,58-69H,5-7,9-10,13-14,17-18,20-31,33H2,1-4H3,(H,55,57)/b37-19-/t35?,36-,39+,40+,41+,42+,43+,44+,45+,46+,47+,48+,49+,50-,51-/m0/s1. The Balaban J connectivity index is 1.56. The second-order valence-electron chi connectivity index (χ2n) is 21.0. The molecule has 72 heavy (non-hydrogen) atoms. The fraction of sp³-hybridized carbons (Fsp3) is 0.759. The number of nitrogens with zero attached hydrogens (tertiary/aromatic N) is 1. The number of nitrogens with one attached hydrogen (secondary N) is 1. The molecule has 0 bridgehead atoms. The molecule has 0 spiro atoms. The Morgan fingerprint density at radius 1 is 0.583 bits per heavy atom. The molecule has 1 heterocycles. The van der Waals surface area contributed by atoms with E-state index in [2.05, 4.69) is 19.2 Å². The van der Waals surface area contributed by atoms with E-state index in [-0.39, 0.29) is 94.9 Å². The van der Waals surface area contributed by atoms with Gasteiger partial charge in [-0.25, -0.2) is 0 Å². The van der Waals surface area contributed by atoms with Crippen LogP contribution in [0.3, 0.4) is 0 Å². The van der Waals surface area contributed by atoms with E-state index in [1.54, 1.807) is 6.08 Å². The number of hydrogen-bond donors (Lipinski definition) is 13. The average Bonchev–Trinajstić information content (AvgIpc) is 3.58. The van der Waals surface area contributed by atoms with Crippen LogP contribution in [0, 0.1) is 11.8 Å². The van der Waals surface area contributed by atoms with Crippen LogP contribution in [0.5, 0.6) is 0 Å². The molecule has 1 aliphatic rings. The molecule has 18 heteroatoms. The second-order valence-corrected chi connectivity index (χ2v) is 21.0. The number of rotatable bonds is 41. The van der Waals surface area contributed by atoms with Crippen molar-refractivity contribution in [2.24, 2.45) is 11.8 Å². The Morgan fingerprint density at radius 3 is 1.36 bits per heavy atom. The number of carbonyl (C=O) groups is 3. The molecule has 15 atom stereocenters. The summed E-state index contributed by atoms with van der Waals surface area (Å²) in [7, 11) is 1.51. The molecule has 0 saturated heterocycles. The van der Waals surface area contributed by atoms with Gasteiger partial charge in [-0.2, -0.15) is 0 Å². The zero-order valence-corrected chi connectivity index (χ0v) is 43.3. The zero-order chi connectivity index (χ0) is 53.8. The number of aliphatic hydroxyl groups excluding tert-OH is 12. The number of hydrogen-bond acceptors (Lipinski definition) is 16. The second kappa shape index (κ2) is 35.8. The van der Waals surface area contributed by atoms with E-state index in [1.807, 2.05) is 37.3 Å². The topological polar surface area (TPSA) is 318 Å². The first-order valence-corrected chi connectivity index (χ1v) is 26.3. The van der Waals surface area contributed by atoms with Crippen molar-refractivity contribution in [1.29, 1.82) is 0 Å². The first kappa shape index (κ1) is 64.7. The Hall–Kier alpha value is -3.37. The first-order chi connectivity index (χ1) is 34.1. The summed E-state index contributed by atoms with van der Waals surface area (Å²) >= 11 is 0. The first-order valence-electron chi connectivity index (χ1n) is 26.3. The summed E-state index contributed by atoms with van der Waals surface area (Å²) in [4.78, 5) is 37.7. The lowest BCUT2D eigenvalue weighted by molar-refractivity contribution is -0.139. The van der Waals surface area contributed by atoms with Crippen molar-refractivity contribution >= 4 is 18.2 Å². The summed E-state index contributed by atoms with van der Waals surface area (Å²) in [5.74, 6) is 0.407. The van der Waals surface area contributed by atoms with E-state index in [1.165, 1.54) is 18.1 Å². The predicted molar refractivity (Wildman–Crippen MR) is 271 cm³/mol. The number of imide groups is 1. The number of aliphatic hydroxyl groups is 12. The molecule has 18 nitrogen and oxygen atoms in total. The maximum Gasteiger partial charge on any atom is 0.257 e. The van der Waals surface area contributed by atoms with Crippen LogP contribution in [0.1, 0.15) is 155 Å². The van der Waals surface area contributed by atoms with Crippen molar-refractivity contribution in [1.82, 2.24) is 10.2 Å². The van der Waals surface area contributed by atoms with Crippen molar-refractivity contribution < 1.29 is 80.4 Å². The average molecular weight is 1030 g/mol. The Bertz CT molecular complexity index is 1700. The maximum atomic E-state index is 13.3. The number of ether oxygens (including phenoxy) is 1. The van der Waals surface area contributed by atoms with Crippen molar-refractivity contribution in [3.05, 3.63) is 59.4 Å². The van der Waals surface area contributed by atoms with Gasteiger partial charge in [0.15, 0.2) is 0 Å². The maximum absolute atomic E-state index is 13.3. The monoisotopic (exact) mass is 1020 g/mol. The van der Waals surface area contributed by atoms with Gasteiger partial charge in [0, 0.05) is 31.5 Å². The van der Waals surface area contributed by atoms with E-state index < -0.39 is 79.3 Å². The lowest BCUT2D eigenvalue weighted by atomic mass is 9.92. The molecule has 1 aliphatic heterocycles. The predicted octanol–water partition coefficient (Wildman–Crippen LogP) is 2.59. The van der Waals surface area contributed by atoms with Gasteiger partial charge < -0.3 is 71.3 Å². The van der Waals surface area contributed by atoms with Crippen molar-refractivity contribution in [3.63, 3.8) is 0 Å². The highest BCUT2D eigenvalue weighted by molar-refractivity contribution is 6.08. The zero-order valence-electron chi connectivity index (χ0n) is 43.3. The number of amides is 3. The number of methoxy groups -OCH3 is 1. The van der Waals surface area contributed by atoms with Gasteiger partial charge in [-0.15, -0.1) is 0 Å². The van der Waals surface area contributed by atoms with Gasteiger partial charge in [0.1, 0.15) is 11.8 Å². The molecular formula is C54H92N2O16. The molecule has 0 fully saturated rings. The Labute approximate surface area is 427 Å². The van der Waals surface area contributed by atoms with Crippen LogP contribution >= 0.6 is 0 Å². The van der Waals surface area contributed by atoms with E-state index >= 15 is 0 Å². The number of allylic oxidation sites excluding steroid dienone is 1. The van der Waals surface area contributed by atoms with Crippen LogP contribution in [0.15, 0.2) is 53.8 Å². The van der Waals surface area contributed by atoms with Crippen LogP contribution in [0.4, 0.5) is 0 Å². The van der Waals surface area contributed by atoms with E-state index in [0.29, 0.717) is 30.9 Å². The van der Waals surface area contributed by atoms with Crippen molar-refractivity contribution in [2.45, 2.75) is 235 Å². The summed E-state index contributed by atoms with van der Waals surface area (Å²) in [5, 5.41) is 126. The number of unbranched alkanes of at least 4 members (excludes halogenated alkanes) is 4. The van der Waals surface area contributed by atoms with Crippen LogP contribution in [-0.4, -0.2) is 177 Å². The van der Waals surface area contributed by atoms with Crippen LogP contribution in [-0.2, 0) is 25.5 Å². The lowest BCUT2D eigenvalue weighted by Gasteiger charge is -2.24. The van der Waals surface area contributed by atoms with Crippen molar-refractivity contribution in [2.75, 3.05) is 13.7 Å². The highest BCUT2D eigenvalue weighted by atomic mass is 16.5. The van der Waals surface area contributed by atoms with Gasteiger partial charge in [0.2, 0.25) is 6.41 Å². The smallest absolute Gasteiger partial charge is 0.257 e. The Morgan fingerprint density at radius 2 is 0.958 bits per heavy atom. The molecular weight excluding hydrogens is 933 g/mol. The number of carbonyl (C=O) groups excluding carboxylic acids is 3. The molecule has 0 aliphatic carbocycles. The van der Waals surface area contributed by atoms with Gasteiger partial charge in [0.25, 0.3) is 11.8 Å². The van der Waals surface area contributed by atoms with Crippen LogP contribution in [0.2, 0.25) is 0 Å². The van der Waals surface area contributed by atoms with Gasteiger partial charge in [-0.1, -0.05) is 94.7 Å². The third-order valence-electron chi connectivity index (χ3n) is 13.4. The molecule has 0 saturated carbocycles. The summed E-state index contributed by atoms with van der Waals surface area (Å²) in [5.41, 5.74) is 1.94. The van der Waals surface area contributed by atoms with E-state index in [0.717, 1.165) is 62.5 Å². The van der Waals surface area contributed by atoms with Crippen LogP contribution in [0.25, 0.3) is 0 Å². The molecule has 414 valence electrons. The summed E-state index contributed by atoms with van der Waals surface area (Å²) in [6, 6.07) is 9.23. The minimum Gasteiger partial charge on any atom is -0.499 e. The Kier molecular flexibility index (Phi) is 32.2. The highest BCUT2D eigenvalue weighted by Gasteiger charge is 2.37.